The number of hydrogen-bond donors (Lipinski definition) is 2. The SMILES string of the molecule is C#CCN[C@@](C)(Cc1ccccc1)C(=O)O. The Morgan fingerprint density at radius 2 is 2.12 bits per heavy atom. The molecule has 0 saturated heterocycles. The molecule has 3 nitrogen and oxygen atoms in total. The molecule has 1 aromatic carbocycles. The number of rotatable bonds is 5. The molecule has 0 bridgehead atoms. The van der Waals surface area contributed by atoms with Crippen LogP contribution in [0.1, 0.15) is 12.5 Å². The second-order valence-corrected chi connectivity index (χ2v) is 3.86. The quantitative estimate of drug-likeness (QED) is 0.731. The molecule has 0 aliphatic carbocycles. The molecule has 0 spiro atoms. The van der Waals surface area contributed by atoms with Crippen molar-refractivity contribution in [2.24, 2.45) is 0 Å². The number of terminal acetylenes is 1. The first-order valence-electron chi connectivity index (χ1n) is 5.04. The Balaban J connectivity index is 2.80. The summed E-state index contributed by atoms with van der Waals surface area (Å²) in [4.78, 5) is 11.2. The molecule has 0 fully saturated rings. The van der Waals surface area contributed by atoms with Gasteiger partial charge in [-0.2, -0.15) is 0 Å². The molecule has 0 unspecified atom stereocenters. The summed E-state index contributed by atoms with van der Waals surface area (Å²) in [6, 6.07) is 9.48. The van der Waals surface area contributed by atoms with Gasteiger partial charge in [0.15, 0.2) is 0 Å². The first-order valence-corrected chi connectivity index (χ1v) is 5.04. The Bertz CT molecular complexity index is 394. The molecule has 3 heteroatoms. The van der Waals surface area contributed by atoms with E-state index in [1.54, 1.807) is 6.92 Å². The van der Waals surface area contributed by atoms with E-state index >= 15 is 0 Å². The van der Waals surface area contributed by atoms with Crippen molar-refractivity contribution in [2.45, 2.75) is 18.9 Å². The van der Waals surface area contributed by atoms with Gasteiger partial charge in [0.1, 0.15) is 5.54 Å². The number of carboxylic acids is 1. The Morgan fingerprint density at radius 1 is 1.50 bits per heavy atom. The van der Waals surface area contributed by atoms with Crippen molar-refractivity contribution in [3.8, 4) is 12.3 Å². The van der Waals surface area contributed by atoms with Gasteiger partial charge in [-0.25, -0.2) is 0 Å². The van der Waals surface area contributed by atoms with Gasteiger partial charge in [-0.1, -0.05) is 36.3 Å². The molecule has 0 aliphatic rings. The van der Waals surface area contributed by atoms with E-state index in [4.69, 9.17) is 6.42 Å². The third-order valence-corrected chi connectivity index (χ3v) is 2.45. The normalized spacial score (nSPS) is 13.8. The van der Waals surface area contributed by atoms with Crippen molar-refractivity contribution in [1.29, 1.82) is 0 Å². The van der Waals surface area contributed by atoms with Crippen LogP contribution in [0.3, 0.4) is 0 Å². The highest BCUT2D eigenvalue weighted by Crippen LogP contribution is 2.13. The fourth-order valence-electron chi connectivity index (χ4n) is 1.46. The molecule has 0 aliphatic heterocycles. The lowest BCUT2D eigenvalue weighted by atomic mass is 9.93. The van der Waals surface area contributed by atoms with Crippen LogP contribution in [0.15, 0.2) is 30.3 Å². The lowest BCUT2D eigenvalue weighted by Gasteiger charge is -2.25. The molecule has 0 amide bonds. The summed E-state index contributed by atoms with van der Waals surface area (Å²) in [6.07, 6.45) is 5.53. The summed E-state index contributed by atoms with van der Waals surface area (Å²) >= 11 is 0. The van der Waals surface area contributed by atoms with Crippen molar-refractivity contribution in [2.75, 3.05) is 6.54 Å². The van der Waals surface area contributed by atoms with Crippen LogP contribution < -0.4 is 5.32 Å². The van der Waals surface area contributed by atoms with E-state index in [2.05, 4.69) is 11.2 Å². The summed E-state index contributed by atoms with van der Waals surface area (Å²) in [7, 11) is 0. The van der Waals surface area contributed by atoms with Gasteiger partial charge in [-0.05, 0) is 12.5 Å². The number of benzene rings is 1. The fraction of sp³-hybridized carbons (Fsp3) is 0.308. The second-order valence-electron chi connectivity index (χ2n) is 3.86. The summed E-state index contributed by atoms with van der Waals surface area (Å²) in [6.45, 7) is 1.88. The van der Waals surface area contributed by atoms with E-state index in [0.29, 0.717) is 6.42 Å². The van der Waals surface area contributed by atoms with Crippen LogP contribution in [-0.4, -0.2) is 23.2 Å². The monoisotopic (exact) mass is 217 g/mol. The lowest BCUT2D eigenvalue weighted by molar-refractivity contribution is -0.144. The molecule has 1 aromatic rings. The molecule has 0 aromatic heterocycles. The summed E-state index contributed by atoms with van der Waals surface area (Å²) in [5, 5.41) is 12.0. The molecule has 1 atom stereocenters. The molecule has 0 saturated carbocycles. The Morgan fingerprint density at radius 3 is 2.62 bits per heavy atom. The van der Waals surface area contributed by atoms with Crippen molar-refractivity contribution in [1.82, 2.24) is 5.32 Å². The molecule has 0 heterocycles. The minimum atomic E-state index is -1.02. The Labute approximate surface area is 95.5 Å². The molecular weight excluding hydrogens is 202 g/mol. The summed E-state index contributed by atoms with van der Waals surface area (Å²) in [5.41, 5.74) is -0.0507. The largest absolute Gasteiger partial charge is 0.480 e. The van der Waals surface area contributed by atoms with Gasteiger partial charge in [0.25, 0.3) is 0 Å². The number of aliphatic carboxylic acids is 1. The van der Waals surface area contributed by atoms with Crippen LogP contribution in [0, 0.1) is 12.3 Å². The van der Waals surface area contributed by atoms with Crippen LogP contribution in [0.2, 0.25) is 0 Å². The topological polar surface area (TPSA) is 49.3 Å². The summed E-state index contributed by atoms with van der Waals surface area (Å²) < 4.78 is 0. The predicted molar refractivity (Wildman–Crippen MR) is 63.0 cm³/mol. The van der Waals surface area contributed by atoms with Crippen LogP contribution >= 0.6 is 0 Å². The zero-order chi connectivity index (χ0) is 12.0. The van der Waals surface area contributed by atoms with Gasteiger partial charge < -0.3 is 5.11 Å². The second kappa shape index (κ2) is 5.34. The van der Waals surface area contributed by atoms with Crippen molar-refractivity contribution in [3.05, 3.63) is 35.9 Å². The van der Waals surface area contributed by atoms with Crippen molar-refractivity contribution < 1.29 is 9.90 Å². The number of hydrogen-bond acceptors (Lipinski definition) is 2. The highest BCUT2D eigenvalue weighted by Gasteiger charge is 2.32. The van der Waals surface area contributed by atoms with Gasteiger partial charge in [0.05, 0.1) is 6.54 Å². The maximum Gasteiger partial charge on any atom is 0.323 e. The summed E-state index contributed by atoms with van der Waals surface area (Å²) in [5.74, 6) is 1.49. The maximum absolute atomic E-state index is 11.2. The molecular formula is C13H15NO2. The third-order valence-electron chi connectivity index (χ3n) is 2.45. The van der Waals surface area contributed by atoms with Gasteiger partial charge in [0.2, 0.25) is 0 Å². The minimum absolute atomic E-state index is 0.246. The van der Waals surface area contributed by atoms with E-state index in [0.717, 1.165) is 5.56 Å². The Hall–Kier alpha value is -1.79. The molecule has 16 heavy (non-hydrogen) atoms. The molecule has 1 rings (SSSR count). The predicted octanol–water partition coefficient (Wildman–Crippen LogP) is 1.30. The standard InChI is InChI=1S/C13H15NO2/c1-3-9-14-13(2,12(15)16)10-11-7-5-4-6-8-11/h1,4-8,14H,9-10H2,2H3,(H,15,16)/t13-/m0/s1. The first kappa shape index (κ1) is 12.3. The lowest BCUT2D eigenvalue weighted by Crippen LogP contribution is -2.51. The maximum atomic E-state index is 11.2. The van der Waals surface area contributed by atoms with Gasteiger partial charge in [0, 0.05) is 6.42 Å². The van der Waals surface area contributed by atoms with E-state index in [1.807, 2.05) is 30.3 Å². The van der Waals surface area contributed by atoms with E-state index in [9.17, 15) is 9.90 Å². The van der Waals surface area contributed by atoms with Crippen LogP contribution in [-0.2, 0) is 11.2 Å². The number of carboxylic acid groups (broad SMARTS) is 1. The van der Waals surface area contributed by atoms with Gasteiger partial charge in [-0.15, -0.1) is 6.42 Å². The first-order chi connectivity index (χ1) is 7.58. The van der Waals surface area contributed by atoms with E-state index in [1.165, 1.54) is 0 Å². The average Bonchev–Trinajstić information content (AvgIpc) is 2.27. The minimum Gasteiger partial charge on any atom is -0.480 e. The van der Waals surface area contributed by atoms with Crippen LogP contribution in [0.5, 0.6) is 0 Å². The zero-order valence-electron chi connectivity index (χ0n) is 9.23. The van der Waals surface area contributed by atoms with Gasteiger partial charge >= 0.3 is 5.97 Å². The highest BCUT2D eigenvalue weighted by molar-refractivity contribution is 5.78. The van der Waals surface area contributed by atoms with Crippen LogP contribution in [0.25, 0.3) is 0 Å². The van der Waals surface area contributed by atoms with Gasteiger partial charge in [-0.3, -0.25) is 10.1 Å². The van der Waals surface area contributed by atoms with E-state index in [-0.39, 0.29) is 6.54 Å². The fourth-order valence-corrected chi connectivity index (χ4v) is 1.46. The molecule has 0 radical (unpaired) electrons. The zero-order valence-corrected chi connectivity index (χ0v) is 9.23. The van der Waals surface area contributed by atoms with Crippen molar-refractivity contribution in [3.63, 3.8) is 0 Å². The number of carbonyl (C=O) groups is 1. The molecule has 2 N–H and O–H groups in total. The van der Waals surface area contributed by atoms with Crippen LogP contribution in [0.4, 0.5) is 0 Å². The average molecular weight is 217 g/mol. The third kappa shape index (κ3) is 3.11. The molecule has 84 valence electrons. The highest BCUT2D eigenvalue weighted by atomic mass is 16.4. The number of nitrogens with one attached hydrogen (secondary N) is 1. The Kier molecular flexibility index (Phi) is 4.10. The van der Waals surface area contributed by atoms with E-state index < -0.39 is 11.5 Å². The van der Waals surface area contributed by atoms with Crippen molar-refractivity contribution >= 4 is 5.97 Å². The smallest absolute Gasteiger partial charge is 0.323 e.